The first-order valence-corrected chi connectivity index (χ1v) is 14.6. The van der Waals surface area contributed by atoms with Crippen molar-refractivity contribution < 1.29 is 4.74 Å². The number of nitrogens with two attached hydrogens (primary N) is 1. The van der Waals surface area contributed by atoms with Gasteiger partial charge in [0.2, 0.25) is 0 Å². The lowest BCUT2D eigenvalue weighted by atomic mass is 9.99. The molecule has 0 saturated heterocycles. The molecule has 1 atom stereocenters. The van der Waals surface area contributed by atoms with Crippen molar-refractivity contribution >= 4 is 29.9 Å². The highest BCUT2D eigenvalue weighted by atomic mass is 28.3. The lowest BCUT2D eigenvalue weighted by molar-refractivity contribution is 0.0791. The van der Waals surface area contributed by atoms with E-state index in [0.29, 0.717) is 6.73 Å². The number of pyridine rings is 1. The molecule has 0 aliphatic rings. The molecule has 1 unspecified atom stereocenters. The normalized spacial score (nSPS) is 13.2. The zero-order chi connectivity index (χ0) is 22.0. The molecule has 0 aliphatic heterocycles. The molecule has 6 heteroatoms. The van der Waals surface area contributed by atoms with Gasteiger partial charge in [0, 0.05) is 23.6 Å². The van der Waals surface area contributed by atoms with Crippen LogP contribution in [-0.2, 0) is 17.9 Å². The third-order valence-electron chi connectivity index (χ3n) is 5.58. The van der Waals surface area contributed by atoms with Crippen molar-refractivity contribution in [3.8, 4) is 0 Å². The molecule has 0 spiro atoms. The van der Waals surface area contributed by atoms with Gasteiger partial charge in [-0.3, -0.25) is 4.98 Å². The monoisotopic (exact) mass is 432 g/mol. The van der Waals surface area contributed by atoms with Gasteiger partial charge in [-0.2, -0.15) is 24.7 Å². The summed E-state index contributed by atoms with van der Waals surface area (Å²) in [5.41, 5.74) is 11.8. The van der Waals surface area contributed by atoms with Crippen LogP contribution in [0.25, 0.3) is 21.8 Å². The Kier molecular flexibility index (Phi) is 6.23. The third kappa shape index (κ3) is 5.39. The largest absolute Gasteiger partial charge is 0.362 e. The van der Waals surface area contributed by atoms with Gasteiger partial charge < -0.3 is 10.5 Å². The van der Waals surface area contributed by atoms with Crippen LogP contribution in [0.5, 0.6) is 0 Å². The van der Waals surface area contributed by atoms with Crippen LogP contribution in [0.1, 0.15) is 22.9 Å². The van der Waals surface area contributed by atoms with Crippen molar-refractivity contribution in [2.45, 2.75) is 51.8 Å². The number of aromatic nitrogens is 3. The van der Waals surface area contributed by atoms with E-state index in [0.717, 1.165) is 52.1 Å². The van der Waals surface area contributed by atoms with E-state index < -0.39 is 8.07 Å². The summed E-state index contributed by atoms with van der Waals surface area (Å²) in [6.45, 7) is 10.5. The molecule has 0 radical (unpaired) electrons. The fourth-order valence-electron chi connectivity index (χ4n) is 3.80. The first-order chi connectivity index (χ1) is 14.8. The van der Waals surface area contributed by atoms with Crippen LogP contribution in [0.15, 0.2) is 54.7 Å². The molecule has 2 N–H and O–H groups in total. The van der Waals surface area contributed by atoms with E-state index in [1.165, 1.54) is 5.56 Å². The smallest absolute Gasteiger partial charge is 0.139 e. The molecular weight excluding hydrogens is 400 g/mol. The van der Waals surface area contributed by atoms with Crippen molar-refractivity contribution in [2.75, 3.05) is 6.61 Å². The maximum Gasteiger partial charge on any atom is 0.139 e. The fourth-order valence-corrected chi connectivity index (χ4v) is 4.56. The van der Waals surface area contributed by atoms with Crippen LogP contribution >= 0.6 is 0 Å². The Balaban J connectivity index is 1.47. The molecule has 5 nitrogen and oxygen atoms in total. The molecule has 4 rings (SSSR count). The van der Waals surface area contributed by atoms with Crippen LogP contribution in [0.3, 0.4) is 0 Å². The van der Waals surface area contributed by atoms with Gasteiger partial charge in [0.1, 0.15) is 6.73 Å². The lowest BCUT2D eigenvalue weighted by Crippen LogP contribution is -2.22. The second-order valence-electron chi connectivity index (χ2n) is 9.61. The Morgan fingerprint density at radius 1 is 1.06 bits per heavy atom. The SMILES string of the molecule is Cc1cc(CC(N)c2ccc3ccccc3n2)cc2cn(COCC[Si-](C)(C)C)nc12. The molecule has 4 aromatic rings. The molecule has 2 aromatic carbocycles. The zero-order valence-electron chi connectivity index (χ0n) is 18.9. The highest BCUT2D eigenvalue weighted by Gasteiger charge is 2.12. The third-order valence-corrected chi connectivity index (χ3v) is 7.29. The molecule has 2 aromatic heterocycles. The van der Waals surface area contributed by atoms with Crippen molar-refractivity contribution in [1.82, 2.24) is 14.8 Å². The van der Waals surface area contributed by atoms with Gasteiger partial charge >= 0.3 is 0 Å². The number of nitrogens with zero attached hydrogens (tertiary/aromatic N) is 3. The van der Waals surface area contributed by atoms with E-state index in [4.69, 9.17) is 20.6 Å². The molecule has 31 heavy (non-hydrogen) atoms. The molecule has 0 fully saturated rings. The van der Waals surface area contributed by atoms with Gasteiger partial charge in [0.25, 0.3) is 0 Å². The highest BCUT2D eigenvalue weighted by Crippen LogP contribution is 2.24. The number of aryl methyl sites for hydroxylation is 1. The summed E-state index contributed by atoms with van der Waals surface area (Å²) in [6, 6.07) is 17.7. The summed E-state index contributed by atoms with van der Waals surface area (Å²) in [7, 11) is -1.07. The summed E-state index contributed by atoms with van der Waals surface area (Å²) < 4.78 is 7.76. The number of rotatable bonds is 8. The molecular formula is C25H32N4OSi-. The summed E-state index contributed by atoms with van der Waals surface area (Å²) in [4.78, 5) is 4.76. The van der Waals surface area contributed by atoms with Crippen molar-refractivity contribution in [3.05, 3.63) is 71.5 Å². The number of fused-ring (bicyclic) bond motifs is 2. The van der Waals surface area contributed by atoms with E-state index in [-0.39, 0.29) is 6.04 Å². The minimum absolute atomic E-state index is 0.151. The molecule has 0 amide bonds. The molecule has 2 heterocycles. The van der Waals surface area contributed by atoms with Crippen LogP contribution in [0.2, 0.25) is 25.7 Å². The van der Waals surface area contributed by atoms with Crippen molar-refractivity contribution in [3.63, 3.8) is 0 Å². The Bertz CT molecular complexity index is 1200. The van der Waals surface area contributed by atoms with E-state index in [2.05, 4.69) is 57.0 Å². The average Bonchev–Trinajstić information content (AvgIpc) is 3.13. The van der Waals surface area contributed by atoms with E-state index >= 15 is 0 Å². The topological polar surface area (TPSA) is 66.0 Å². The lowest BCUT2D eigenvalue weighted by Gasteiger charge is -2.26. The molecule has 0 saturated carbocycles. The second kappa shape index (κ2) is 8.90. The number of benzene rings is 2. The number of para-hydroxylation sites is 1. The predicted octanol–water partition coefficient (Wildman–Crippen LogP) is 5.45. The van der Waals surface area contributed by atoms with Gasteiger partial charge in [-0.15, -0.1) is 14.1 Å². The van der Waals surface area contributed by atoms with E-state index in [9.17, 15) is 0 Å². The number of ether oxygens (including phenoxy) is 1. The minimum Gasteiger partial charge on any atom is -0.362 e. The maximum absolute atomic E-state index is 6.53. The van der Waals surface area contributed by atoms with Crippen LogP contribution in [0.4, 0.5) is 0 Å². The Morgan fingerprint density at radius 3 is 2.68 bits per heavy atom. The van der Waals surface area contributed by atoms with Crippen molar-refractivity contribution in [1.29, 1.82) is 0 Å². The second-order valence-corrected chi connectivity index (χ2v) is 15.2. The van der Waals surface area contributed by atoms with Crippen LogP contribution in [0, 0.1) is 6.92 Å². The Hall–Kier alpha value is -2.54. The zero-order valence-corrected chi connectivity index (χ0v) is 19.9. The van der Waals surface area contributed by atoms with Crippen molar-refractivity contribution in [2.24, 2.45) is 5.73 Å². The van der Waals surface area contributed by atoms with Crippen LogP contribution in [-0.4, -0.2) is 29.4 Å². The van der Waals surface area contributed by atoms with E-state index in [1.54, 1.807) is 0 Å². The highest BCUT2D eigenvalue weighted by molar-refractivity contribution is 6.76. The minimum atomic E-state index is -1.07. The molecule has 163 valence electrons. The summed E-state index contributed by atoms with van der Waals surface area (Å²) in [6.07, 6.45) is 2.81. The number of hydrogen-bond acceptors (Lipinski definition) is 4. The van der Waals surface area contributed by atoms with Gasteiger partial charge in [-0.1, -0.05) is 30.3 Å². The van der Waals surface area contributed by atoms with Gasteiger partial charge in [-0.05, 0) is 42.7 Å². The average molecular weight is 433 g/mol. The molecule has 0 bridgehead atoms. The summed E-state index contributed by atoms with van der Waals surface area (Å²) in [5, 5.41) is 6.98. The summed E-state index contributed by atoms with van der Waals surface area (Å²) >= 11 is 0. The fraction of sp³-hybridized carbons (Fsp3) is 0.360. The predicted molar refractivity (Wildman–Crippen MR) is 131 cm³/mol. The summed E-state index contributed by atoms with van der Waals surface area (Å²) in [5.74, 6) is 0. The first kappa shape index (κ1) is 21.7. The van der Waals surface area contributed by atoms with Crippen LogP contribution < -0.4 is 5.73 Å². The van der Waals surface area contributed by atoms with Gasteiger partial charge in [0.05, 0.1) is 22.8 Å². The first-order valence-electron chi connectivity index (χ1n) is 10.9. The van der Waals surface area contributed by atoms with Gasteiger partial charge in [0.15, 0.2) is 0 Å². The van der Waals surface area contributed by atoms with E-state index in [1.807, 2.05) is 28.9 Å². The standard InChI is InChI=1S/C25H32N4OSi/c1-18-13-19(15-22(26)24-10-9-20-7-5-6-8-23(20)27-24)14-21-16-29(28-25(18)21)17-30-11-12-31(2,3)4/h5-10,13-14,16,22H,11-12,15,17,26H2,1-4H3/q-1. The Labute approximate surface area is 185 Å². The molecule has 0 aliphatic carbocycles. The quantitative estimate of drug-likeness (QED) is 0.297. The van der Waals surface area contributed by atoms with Gasteiger partial charge in [-0.25, -0.2) is 4.68 Å². The maximum atomic E-state index is 6.53. The number of hydrogen-bond donors (Lipinski definition) is 1. The Morgan fingerprint density at radius 2 is 1.87 bits per heavy atom.